The number of nitrogens with zero attached hydrogens (tertiary/aromatic N) is 4. The Morgan fingerprint density at radius 3 is 2.48 bits per heavy atom. The molecule has 1 saturated heterocycles. The molecule has 0 bridgehead atoms. The van der Waals surface area contributed by atoms with Gasteiger partial charge in [0.1, 0.15) is 11.5 Å². The molecule has 4 rings (SSSR count). The molecule has 0 aliphatic carbocycles. The van der Waals surface area contributed by atoms with Gasteiger partial charge >= 0.3 is 0 Å². The second-order valence-corrected chi connectivity index (χ2v) is 7.56. The van der Waals surface area contributed by atoms with E-state index in [1.165, 1.54) is 11.8 Å². The quantitative estimate of drug-likeness (QED) is 0.610. The summed E-state index contributed by atoms with van der Waals surface area (Å²) in [4.78, 5) is 7.16. The zero-order valence-electron chi connectivity index (χ0n) is 16.8. The molecular weight excluding hydrogens is 367 g/mol. The number of benzene rings is 2. The van der Waals surface area contributed by atoms with Gasteiger partial charge in [-0.25, -0.2) is 4.39 Å². The number of halogens is 1. The van der Waals surface area contributed by atoms with E-state index in [1.807, 2.05) is 6.07 Å². The van der Waals surface area contributed by atoms with E-state index in [2.05, 4.69) is 57.2 Å². The highest BCUT2D eigenvalue weighted by atomic mass is 19.1. The maximum Gasteiger partial charge on any atom is 0.151 e. The molecule has 3 aromatic rings. The summed E-state index contributed by atoms with van der Waals surface area (Å²) in [5, 5.41) is 4.03. The van der Waals surface area contributed by atoms with Crippen LogP contribution in [0.25, 0.3) is 11.3 Å². The molecule has 2 aromatic carbocycles. The number of piperazine rings is 1. The summed E-state index contributed by atoms with van der Waals surface area (Å²) in [5.74, 6) is 0.468. The highest BCUT2D eigenvalue weighted by Crippen LogP contribution is 2.22. The van der Waals surface area contributed by atoms with Crippen LogP contribution < -0.4 is 4.90 Å². The van der Waals surface area contributed by atoms with Crippen LogP contribution in [0, 0.1) is 5.82 Å². The van der Waals surface area contributed by atoms with Crippen LogP contribution >= 0.6 is 0 Å². The Hall–Kier alpha value is -2.70. The van der Waals surface area contributed by atoms with E-state index in [9.17, 15) is 4.39 Å². The van der Waals surface area contributed by atoms with Gasteiger partial charge in [-0.2, -0.15) is 0 Å². The van der Waals surface area contributed by atoms with Crippen molar-refractivity contribution in [2.75, 3.05) is 51.2 Å². The second-order valence-electron chi connectivity index (χ2n) is 7.56. The summed E-state index contributed by atoms with van der Waals surface area (Å²) in [7, 11) is 2.07. The van der Waals surface area contributed by atoms with Crippen molar-refractivity contribution in [1.82, 2.24) is 15.0 Å². The van der Waals surface area contributed by atoms with Crippen LogP contribution in [0.5, 0.6) is 0 Å². The van der Waals surface area contributed by atoms with Crippen LogP contribution in [0.2, 0.25) is 0 Å². The third kappa shape index (κ3) is 5.02. The predicted molar refractivity (Wildman–Crippen MR) is 113 cm³/mol. The standard InChI is InChI=1S/C23H27FN4O/c1-26(18-20-17-23(25-29-20)21-9-5-6-10-22(21)24)11-12-27-13-15-28(16-14-27)19-7-3-2-4-8-19/h2-10,17H,11-16,18H2,1H3. The largest absolute Gasteiger partial charge is 0.369 e. The van der Waals surface area contributed by atoms with Gasteiger partial charge in [0.2, 0.25) is 0 Å². The van der Waals surface area contributed by atoms with Crippen molar-refractivity contribution in [3.8, 4) is 11.3 Å². The summed E-state index contributed by atoms with van der Waals surface area (Å²) in [6, 6.07) is 19.1. The van der Waals surface area contributed by atoms with Gasteiger partial charge in [-0.1, -0.05) is 35.5 Å². The van der Waals surface area contributed by atoms with Crippen molar-refractivity contribution in [3.63, 3.8) is 0 Å². The number of hydrogen-bond acceptors (Lipinski definition) is 5. The van der Waals surface area contributed by atoms with E-state index in [-0.39, 0.29) is 5.82 Å². The van der Waals surface area contributed by atoms with Gasteiger partial charge in [0.25, 0.3) is 0 Å². The van der Waals surface area contributed by atoms with Crippen molar-refractivity contribution in [2.24, 2.45) is 0 Å². The third-order valence-electron chi connectivity index (χ3n) is 5.43. The molecule has 152 valence electrons. The Morgan fingerprint density at radius 2 is 1.72 bits per heavy atom. The number of likely N-dealkylation sites (N-methyl/N-ethyl adjacent to an activating group) is 1. The average Bonchev–Trinajstić information content (AvgIpc) is 3.22. The van der Waals surface area contributed by atoms with Gasteiger partial charge in [0.05, 0.1) is 6.54 Å². The van der Waals surface area contributed by atoms with Gasteiger partial charge in [0.15, 0.2) is 5.76 Å². The minimum absolute atomic E-state index is 0.282. The summed E-state index contributed by atoms with van der Waals surface area (Å²) in [6.07, 6.45) is 0. The summed E-state index contributed by atoms with van der Waals surface area (Å²) in [5.41, 5.74) is 2.32. The first-order valence-electron chi connectivity index (χ1n) is 10.1. The molecule has 29 heavy (non-hydrogen) atoms. The van der Waals surface area contributed by atoms with Gasteiger partial charge in [-0.3, -0.25) is 9.80 Å². The van der Waals surface area contributed by atoms with Gasteiger partial charge in [0, 0.05) is 56.6 Å². The summed E-state index contributed by atoms with van der Waals surface area (Å²) < 4.78 is 19.3. The first-order valence-corrected chi connectivity index (χ1v) is 10.1. The fourth-order valence-electron chi connectivity index (χ4n) is 3.71. The van der Waals surface area contributed by atoms with Crippen molar-refractivity contribution in [2.45, 2.75) is 6.54 Å². The molecule has 1 aromatic heterocycles. The first kappa shape index (κ1) is 19.6. The number of anilines is 1. The third-order valence-corrected chi connectivity index (χ3v) is 5.43. The predicted octanol–water partition coefficient (Wildman–Crippen LogP) is 3.73. The lowest BCUT2D eigenvalue weighted by Crippen LogP contribution is -2.48. The molecule has 5 nitrogen and oxygen atoms in total. The monoisotopic (exact) mass is 394 g/mol. The van der Waals surface area contributed by atoms with Gasteiger partial charge in [-0.15, -0.1) is 0 Å². The lowest BCUT2D eigenvalue weighted by Gasteiger charge is -2.36. The molecule has 0 amide bonds. The van der Waals surface area contributed by atoms with Gasteiger partial charge in [-0.05, 0) is 31.3 Å². The molecule has 0 saturated carbocycles. The van der Waals surface area contributed by atoms with Gasteiger partial charge < -0.3 is 9.42 Å². The summed E-state index contributed by atoms with van der Waals surface area (Å²) in [6.45, 7) is 6.88. The van der Waals surface area contributed by atoms with Crippen molar-refractivity contribution in [3.05, 3.63) is 72.2 Å². The normalized spacial score (nSPS) is 15.2. The van der Waals surface area contributed by atoms with Crippen molar-refractivity contribution in [1.29, 1.82) is 0 Å². The minimum Gasteiger partial charge on any atom is -0.369 e. The fraction of sp³-hybridized carbons (Fsp3) is 0.348. The number of rotatable bonds is 7. The Kier molecular flexibility index (Phi) is 6.22. The molecule has 0 unspecified atom stereocenters. The molecule has 0 N–H and O–H groups in total. The van der Waals surface area contributed by atoms with Crippen LogP contribution in [0.3, 0.4) is 0 Å². The molecule has 0 atom stereocenters. The highest BCUT2D eigenvalue weighted by molar-refractivity contribution is 5.59. The van der Waals surface area contributed by atoms with Crippen molar-refractivity contribution >= 4 is 5.69 Å². The van der Waals surface area contributed by atoms with Crippen LogP contribution in [0.4, 0.5) is 10.1 Å². The minimum atomic E-state index is -0.282. The van der Waals surface area contributed by atoms with Crippen molar-refractivity contribution < 1.29 is 8.91 Å². The molecule has 0 spiro atoms. The SMILES string of the molecule is CN(CCN1CCN(c2ccccc2)CC1)Cc1cc(-c2ccccc2F)no1. The maximum absolute atomic E-state index is 13.9. The van der Waals surface area contributed by atoms with E-state index in [1.54, 1.807) is 18.2 Å². The Bertz CT molecular complexity index is 906. The fourth-order valence-corrected chi connectivity index (χ4v) is 3.71. The van der Waals surface area contributed by atoms with Crippen LogP contribution in [0.1, 0.15) is 5.76 Å². The zero-order chi connectivity index (χ0) is 20.1. The second kappa shape index (κ2) is 9.20. The first-order chi connectivity index (χ1) is 14.2. The maximum atomic E-state index is 13.9. The highest BCUT2D eigenvalue weighted by Gasteiger charge is 2.18. The van der Waals surface area contributed by atoms with E-state index in [4.69, 9.17) is 4.52 Å². The molecule has 1 aliphatic heterocycles. The van der Waals surface area contributed by atoms with E-state index >= 15 is 0 Å². The molecular formula is C23H27FN4O. The lowest BCUT2D eigenvalue weighted by atomic mass is 10.1. The Labute approximate surface area is 171 Å². The average molecular weight is 394 g/mol. The van der Waals surface area contributed by atoms with E-state index in [0.717, 1.165) is 45.0 Å². The number of aromatic nitrogens is 1. The molecule has 1 aliphatic rings. The number of hydrogen-bond donors (Lipinski definition) is 0. The zero-order valence-corrected chi connectivity index (χ0v) is 16.8. The topological polar surface area (TPSA) is 35.8 Å². The smallest absolute Gasteiger partial charge is 0.151 e. The molecule has 6 heteroatoms. The Morgan fingerprint density at radius 1 is 1.00 bits per heavy atom. The summed E-state index contributed by atoms with van der Waals surface area (Å²) >= 11 is 0. The van der Waals surface area contributed by atoms with E-state index in [0.29, 0.717) is 17.8 Å². The lowest BCUT2D eigenvalue weighted by molar-refractivity contribution is 0.202. The Balaban J connectivity index is 1.23. The number of para-hydroxylation sites is 1. The van der Waals surface area contributed by atoms with Crippen LogP contribution in [-0.4, -0.2) is 61.3 Å². The van der Waals surface area contributed by atoms with Crippen LogP contribution in [-0.2, 0) is 6.54 Å². The molecule has 0 radical (unpaired) electrons. The molecule has 2 heterocycles. The molecule has 1 fully saturated rings. The van der Waals surface area contributed by atoms with Crippen LogP contribution in [0.15, 0.2) is 65.2 Å². The van der Waals surface area contributed by atoms with E-state index < -0.39 is 0 Å².